The van der Waals surface area contributed by atoms with Crippen LogP contribution in [0.5, 0.6) is 0 Å². The first kappa shape index (κ1) is 23.0. The molecule has 33 heavy (non-hydrogen) atoms. The number of rotatable bonds is 6. The van der Waals surface area contributed by atoms with Gasteiger partial charge in [-0.25, -0.2) is 9.97 Å². The van der Waals surface area contributed by atoms with E-state index in [1.807, 2.05) is 30.0 Å². The monoisotopic (exact) mass is 442 g/mol. The molecule has 0 aliphatic carbocycles. The highest BCUT2D eigenvalue weighted by molar-refractivity contribution is 5.84. The van der Waals surface area contributed by atoms with E-state index in [0.717, 1.165) is 48.8 Å². The van der Waals surface area contributed by atoms with Gasteiger partial charge in [0, 0.05) is 43.9 Å². The molecule has 2 aromatic carbocycles. The Morgan fingerprint density at radius 3 is 2.33 bits per heavy atom. The van der Waals surface area contributed by atoms with Crippen LogP contribution in [0, 0.1) is 20.8 Å². The molecule has 1 fully saturated rings. The van der Waals surface area contributed by atoms with Gasteiger partial charge in [0.25, 0.3) is 0 Å². The number of hydrogen-bond acceptors (Lipinski definition) is 4. The summed E-state index contributed by atoms with van der Waals surface area (Å²) >= 11 is 0. The predicted octanol–water partition coefficient (Wildman–Crippen LogP) is 4.84. The van der Waals surface area contributed by atoms with E-state index in [-0.39, 0.29) is 11.8 Å². The van der Waals surface area contributed by atoms with Gasteiger partial charge in [0.1, 0.15) is 11.6 Å². The summed E-state index contributed by atoms with van der Waals surface area (Å²) in [5, 5.41) is 0. The summed E-state index contributed by atoms with van der Waals surface area (Å²) in [5.41, 5.74) is 5.86. The van der Waals surface area contributed by atoms with Gasteiger partial charge in [-0.1, -0.05) is 67.1 Å². The first-order chi connectivity index (χ1) is 16.0. The Hall–Kier alpha value is -3.21. The minimum Gasteiger partial charge on any atom is -0.353 e. The van der Waals surface area contributed by atoms with E-state index in [0.29, 0.717) is 13.1 Å². The second kappa shape index (κ2) is 10.2. The Morgan fingerprint density at radius 1 is 0.939 bits per heavy atom. The van der Waals surface area contributed by atoms with Crippen molar-refractivity contribution < 1.29 is 4.79 Å². The number of carbonyl (C=O) groups is 1. The average Bonchev–Trinajstić information content (AvgIpc) is 2.82. The molecule has 0 bridgehead atoms. The van der Waals surface area contributed by atoms with Gasteiger partial charge < -0.3 is 9.80 Å². The molecule has 0 saturated carbocycles. The number of aryl methyl sites for hydroxylation is 3. The van der Waals surface area contributed by atoms with Gasteiger partial charge >= 0.3 is 0 Å². The highest BCUT2D eigenvalue weighted by Gasteiger charge is 2.29. The molecule has 1 aromatic heterocycles. The number of piperazine rings is 1. The van der Waals surface area contributed by atoms with Gasteiger partial charge in [-0.05, 0) is 38.3 Å². The standard InChI is InChI=1S/C28H34N4O/c1-5-25(24-12-7-6-8-13-24)28(33)32-16-14-31(15-17-32)27-26(21(3)29-22(4)30-27)19-23-11-9-10-20(2)18-23/h6-13,18,25H,5,14-17,19H2,1-4H3/t25-/m0/s1. The van der Waals surface area contributed by atoms with Crippen LogP contribution in [0.25, 0.3) is 0 Å². The van der Waals surface area contributed by atoms with Crippen molar-refractivity contribution in [3.63, 3.8) is 0 Å². The van der Waals surface area contributed by atoms with E-state index in [2.05, 4.69) is 67.1 Å². The van der Waals surface area contributed by atoms with Gasteiger partial charge in [0.15, 0.2) is 0 Å². The van der Waals surface area contributed by atoms with Gasteiger partial charge in [-0.15, -0.1) is 0 Å². The normalized spacial score (nSPS) is 14.9. The van der Waals surface area contributed by atoms with E-state index in [1.54, 1.807) is 0 Å². The lowest BCUT2D eigenvalue weighted by atomic mass is 9.94. The third kappa shape index (κ3) is 5.24. The lowest BCUT2D eigenvalue weighted by Crippen LogP contribution is -2.50. The molecule has 0 N–H and O–H groups in total. The number of aromatic nitrogens is 2. The van der Waals surface area contributed by atoms with Gasteiger partial charge in [0.05, 0.1) is 5.92 Å². The smallest absolute Gasteiger partial charge is 0.230 e. The van der Waals surface area contributed by atoms with Crippen molar-refractivity contribution in [2.75, 3.05) is 31.1 Å². The van der Waals surface area contributed by atoms with Crippen molar-refractivity contribution in [3.05, 3.63) is 88.4 Å². The molecule has 0 spiro atoms. The predicted molar refractivity (Wildman–Crippen MR) is 134 cm³/mol. The number of nitrogens with zero attached hydrogens (tertiary/aromatic N) is 4. The van der Waals surface area contributed by atoms with Crippen LogP contribution in [-0.4, -0.2) is 47.0 Å². The number of carbonyl (C=O) groups excluding carboxylic acids is 1. The van der Waals surface area contributed by atoms with Crippen LogP contribution in [0.4, 0.5) is 5.82 Å². The largest absolute Gasteiger partial charge is 0.353 e. The average molecular weight is 443 g/mol. The Morgan fingerprint density at radius 2 is 1.67 bits per heavy atom. The van der Waals surface area contributed by atoms with Crippen molar-refractivity contribution in [1.29, 1.82) is 0 Å². The van der Waals surface area contributed by atoms with Crippen molar-refractivity contribution in [2.45, 2.75) is 46.5 Å². The maximum absolute atomic E-state index is 13.3. The highest BCUT2D eigenvalue weighted by Crippen LogP contribution is 2.27. The topological polar surface area (TPSA) is 49.3 Å². The number of anilines is 1. The van der Waals surface area contributed by atoms with Crippen molar-refractivity contribution >= 4 is 11.7 Å². The SMILES string of the molecule is CC[C@H](C(=O)N1CCN(c2nc(C)nc(C)c2Cc2cccc(C)c2)CC1)c1ccccc1. The summed E-state index contributed by atoms with van der Waals surface area (Å²) in [6.45, 7) is 11.3. The summed E-state index contributed by atoms with van der Waals surface area (Å²) in [6, 6.07) is 18.8. The van der Waals surface area contributed by atoms with Crippen molar-refractivity contribution in [2.24, 2.45) is 0 Å². The molecular formula is C28H34N4O. The van der Waals surface area contributed by atoms with Crippen LogP contribution in [0.2, 0.25) is 0 Å². The summed E-state index contributed by atoms with van der Waals surface area (Å²) < 4.78 is 0. The van der Waals surface area contributed by atoms with Gasteiger partial charge in [-0.2, -0.15) is 0 Å². The first-order valence-corrected chi connectivity index (χ1v) is 11.9. The van der Waals surface area contributed by atoms with E-state index in [1.165, 1.54) is 16.7 Å². The highest BCUT2D eigenvalue weighted by atomic mass is 16.2. The van der Waals surface area contributed by atoms with Crippen LogP contribution in [0.3, 0.4) is 0 Å². The van der Waals surface area contributed by atoms with Crippen LogP contribution >= 0.6 is 0 Å². The fraction of sp³-hybridized carbons (Fsp3) is 0.393. The Bertz CT molecular complexity index is 1100. The number of benzene rings is 2. The van der Waals surface area contributed by atoms with E-state index >= 15 is 0 Å². The fourth-order valence-corrected chi connectivity index (χ4v) is 4.81. The van der Waals surface area contributed by atoms with Gasteiger partial charge in [-0.3, -0.25) is 4.79 Å². The van der Waals surface area contributed by atoms with Crippen LogP contribution in [0.1, 0.15) is 53.0 Å². The number of amides is 1. The molecule has 1 aliphatic heterocycles. The van der Waals surface area contributed by atoms with Crippen LogP contribution in [-0.2, 0) is 11.2 Å². The summed E-state index contributed by atoms with van der Waals surface area (Å²) in [4.78, 5) is 27.2. The maximum Gasteiger partial charge on any atom is 0.230 e. The minimum absolute atomic E-state index is 0.0711. The maximum atomic E-state index is 13.3. The molecule has 172 valence electrons. The molecule has 1 amide bonds. The second-order valence-corrected chi connectivity index (χ2v) is 9.01. The van der Waals surface area contributed by atoms with Crippen LogP contribution in [0.15, 0.2) is 54.6 Å². The quantitative estimate of drug-likeness (QED) is 0.548. The molecule has 0 radical (unpaired) electrons. The summed E-state index contributed by atoms with van der Waals surface area (Å²) in [5.74, 6) is 1.98. The molecule has 1 atom stereocenters. The van der Waals surface area contributed by atoms with Crippen LogP contribution < -0.4 is 4.90 Å². The number of hydrogen-bond donors (Lipinski definition) is 0. The lowest BCUT2D eigenvalue weighted by Gasteiger charge is -2.38. The second-order valence-electron chi connectivity index (χ2n) is 9.01. The Balaban J connectivity index is 1.51. The zero-order chi connectivity index (χ0) is 23.4. The van der Waals surface area contributed by atoms with E-state index < -0.39 is 0 Å². The molecule has 1 aliphatic rings. The van der Waals surface area contributed by atoms with Crippen molar-refractivity contribution in [1.82, 2.24) is 14.9 Å². The molecule has 0 unspecified atom stereocenters. The summed E-state index contributed by atoms with van der Waals surface area (Å²) in [6.07, 6.45) is 1.63. The lowest BCUT2D eigenvalue weighted by molar-refractivity contribution is -0.133. The Labute approximate surface area is 197 Å². The van der Waals surface area contributed by atoms with E-state index in [4.69, 9.17) is 4.98 Å². The zero-order valence-electron chi connectivity index (χ0n) is 20.2. The molecule has 5 nitrogen and oxygen atoms in total. The molecule has 2 heterocycles. The molecular weight excluding hydrogens is 408 g/mol. The summed E-state index contributed by atoms with van der Waals surface area (Å²) in [7, 11) is 0. The minimum atomic E-state index is -0.0711. The molecule has 3 aromatic rings. The third-order valence-electron chi connectivity index (χ3n) is 6.57. The first-order valence-electron chi connectivity index (χ1n) is 11.9. The van der Waals surface area contributed by atoms with Crippen molar-refractivity contribution in [3.8, 4) is 0 Å². The molecule has 1 saturated heterocycles. The van der Waals surface area contributed by atoms with Gasteiger partial charge in [0.2, 0.25) is 5.91 Å². The Kier molecular flexibility index (Phi) is 7.07. The van der Waals surface area contributed by atoms with E-state index in [9.17, 15) is 4.79 Å². The molecule has 4 rings (SSSR count). The fourth-order valence-electron chi connectivity index (χ4n) is 4.81. The third-order valence-corrected chi connectivity index (χ3v) is 6.57. The zero-order valence-corrected chi connectivity index (χ0v) is 20.2. The molecule has 5 heteroatoms.